The highest BCUT2D eigenvalue weighted by molar-refractivity contribution is 7.84. The van der Waals surface area contributed by atoms with Gasteiger partial charge < -0.3 is 15.2 Å². The number of aryl methyl sites for hydroxylation is 1. The minimum Gasteiger partial charge on any atom is -0.491 e. The molecule has 0 aliphatic heterocycles. The normalized spacial score (nSPS) is 15.5. The molecule has 1 aromatic rings. The van der Waals surface area contributed by atoms with Gasteiger partial charge in [-0.1, -0.05) is 11.6 Å². The third kappa shape index (κ3) is 7.81. The molecule has 0 fully saturated rings. The number of benzene rings is 1. The summed E-state index contributed by atoms with van der Waals surface area (Å²) in [5, 5.41) is 13.8. The van der Waals surface area contributed by atoms with Gasteiger partial charge in [0, 0.05) is 40.4 Å². The van der Waals surface area contributed by atoms with E-state index in [2.05, 4.69) is 5.32 Å². The van der Waals surface area contributed by atoms with Crippen LogP contribution >= 0.6 is 11.6 Å². The van der Waals surface area contributed by atoms with Gasteiger partial charge in [0.15, 0.2) is 0 Å². The van der Waals surface area contributed by atoms with Gasteiger partial charge in [0.2, 0.25) is 0 Å². The Balaban J connectivity index is 2.25. The minimum absolute atomic E-state index is 0.223. The number of aliphatic hydroxyl groups is 1. The monoisotopic (exact) mass is 333 g/mol. The van der Waals surface area contributed by atoms with Crippen molar-refractivity contribution < 1.29 is 14.1 Å². The summed E-state index contributed by atoms with van der Waals surface area (Å²) in [6.07, 6.45) is 1.94. The molecule has 1 rings (SSSR count). The quantitative estimate of drug-likeness (QED) is 0.727. The Kier molecular flexibility index (Phi) is 8.26. The van der Waals surface area contributed by atoms with Crippen LogP contribution in [0.4, 0.5) is 0 Å². The van der Waals surface area contributed by atoms with Crippen molar-refractivity contribution in [1.82, 2.24) is 5.32 Å². The molecule has 120 valence electrons. The molecular formula is C15H24ClNO3S. The van der Waals surface area contributed by atoms with Gasteiger partial charge in [-0.2, -0.15) is 0 Å². The van der Waals surface area contributed by atoms with Gasteiger partial charge in [-0.25, -0.2) is 0 Å². The Morgan fingerprint density at radius 1 is 1.48 bits per heavy atom. The third-order valence-electron chi connectivity index (χ3n) is 3.11. The summed E-state index contributed by atoms with van der Waals surface area (Å²) < 4.78 is 16.5. The molecule has 0 aromatic heterocycles. The molecule has 3 unspecified atom stereocenters. The third-order valence-corrected chi connectivity index (χ3v) is 4.35. The van der Waals surface area contributed by atoms with Crippen molar-refractivity contribution in [3.63, 3.8) is 0 Å². The lowest BCUT2D eigenvalue weighted by Crippen LogP contribution is -2.37. The molecule has 4 nitrogen and oxygen atoms in total. The summed E-state index contributed by atoms with van der Waals surface area (Å²) in [5.41, 5.74) is 0.947. The van der Waals surface area contributed by atoms with Crippen molar-refractivity contribution in [3.8, 4) is 5.75 Å². The topological polar surface area (TPSA) is 58.6 Å². The van der Waals surface area contributed by atoms with E-state index in [0.29, 0.717) is 23.1 Å². The van der Waals surface area contributed by atoms with E-state index in [4.69, 9.17) is 16.3 Å². The SMILES string of the molecule is Cc1cc(OCC(O)CNC(C)CCS(C)=O)ccc1Cl. The Hall–Kier alpha value is -0.620. The maximum atomic E-state index is 11.0. The van der Waals surface area contributed by atoms with Crippen LogP contribution < -0.4 is 10.1 Å². The van der Waals surface area contributed by atoms with Gasteiger partial charge >= 0.3 is 0 Å². The summed E-state index contributed by atoms with van der Waals surface area (Å²) in [4.78, 5) is 0. The van der Waals surface area contributed by atoms with Crippen LogP contribution in [-0.2, 0) is 10.8 Å². The highest BCUT2D eigenvalue weighted by Crippen LogP contribution is 2.21. The zero-order valence-electron chi connectivity index (χ0n) is 12.8. The molecule has 0 spiro atoms. The first kappa shape index (κ1) is 18.4. The van der Waals surface area contributed by atoms with Crippen molar-refractivity contribution in [2.45, 2.75) is 32.4 Å². The van der Waals surface area contributed by atoms with Crippen LogP contribution in [0.5, 0.6) is 5.75 Å². The summed E-state index contributed by atoms with van der Waals surface area (Å²) in [6, 6.07) is 5.64. The van der Waals surface area contributed by atoms with E-state index in [1.165, 1.54) is 0 Å². The van der Waals surface area contributed by atoms with Crippen LogP contribution in [-0.4, -0.2) is 46.6 Å². The lowest BCUT2D eigenvalue weighted by Gasteiger charge is -2.17. The Labute approximate surface area is 134 Å². The number of hydrogen-bond donors (Lipinski definition) is 2. The summed E-state index contributed by atoms with van der Waals surface area (Å²) >= 11 is 5.94. The smallest absolute Gasteiger partial charge is 0.119 e. The molecule has 0 aliphatic rings. The highest BCUT2D eigenvalue weighted by atomic mass is 35.5. The molecular weight excluding hydrogens is 310 g/mol. The first-order chi connectivity index (χ1) is 9.88. The van der Waals surface area contributed by atoms with Crippen LogP contribution in [0.25, 0.3) is 0 Å². The first-order valence-corrected chi connectivity index (χ1v) is 9.09. The van der Waals surface area contributed by atoms with E-state index >= 15 is 0 Å². The Bertz CT molecular complexity index is 470. The molecule has 2 N–H and O–H groups in total. The number of aliphatic hydroxyl groups excluding tert-OH is 1. The van der Waals surface area contributed by atoms with Gasteiger partial charge in [0.1, 0.15) is 18.5 Å². The predicted octanol–water partition coefficient (Wildman–Crippen LogP) is 2.13. The summed E-state index contributed by atoms with van der Waals surface area (Å²) in [7, 11) is -0.771. The van der Waals surface area contributed by atoms with Crippen LogP contribution in [0.1, 0.15) is 18.9 Å². The lowest BCUT2D eigenvalue weighted by atomic mass is 10.2. The molecule has 0 saturated carbocycles. The number of hydrogen-bond acceptors (Lipinski definition) is 4. The predicted molar refractivity (Wildman–Crippen MR) is 88.7 cm³/mol. The molecule has 21 heavy (non-hydrogen) atoms. The van der Waals surface area contributed by atoms with Gasteiger partial charge in [-0.05, 0) is 44.0 Å². The average Bonchev–Trinajstić information content (AvgIpc) is 2.44. The van der Waals surface area contributed by atoms with Gasteiger partial charge in [0.05, 0.1) is 0 Å². The molecule has 0 heterocycles. The van der Waals surface area contributed by atoms with Gasteiger partial charge in [-0.15, -0.1) is 0 Å². The van der Waals surface area contributed by atoms with E-state index in [-0.39, 0.29) is 12.6 Å². The maximum absolute atomic E-state index is 11.0. The van der Waals surface area contributed by atoms with Crippen molar-refractivity contribution in [3.05, 3.63) is 28.8 Å². The fraction of sp³-hybridized carbons (Fsp3) is 0.600. The van der Waals surface area contributed by atoms with E-state index in [9.17, 15) is 9.32 Å². The van der Waals surface area contributed by atoms with E-state index in [0.717, 1.165) is 12.0 Å². The van der Waals surface area contributed by atoms with Crippen LogP contribution in [0.15, 0.2) is 18.2 Å². The second kappa shape index (κ2) is 9.41. The molecule has 0 amide bonds. The second-order valence-electron chi connectivity index (χ2n) is 5.25. The molecule has 3 atom stereocenters. The van der Waals surface area contributed by atoms with Crippen LogP contribution in [0.3, 0.4) is 0 Å². The molecule has 0 radical (unpaired) electrons. The highest BCUT2D eigenvalue weighted by Gasteiger charge is 2.09. The largest absolute Gasteiger partial charge is 0.491 e. The molecule has 6 heteroatoms. The fourth-order valence-electron chi connectivity index (χ4n) is 1.74. The van der Waals surface area contributed by atoms with E-state index in [1.54, 1.807) is 18.4 Å². The molecule has 1 aromatic carbocycles. The number of ether oxygens (including phenoxy) is 1. The molecule has 0 aliphatic carbocycles. The average molecular weight is 334 g/mol. The second-order valence-corrected chi connectivity index (χ2v) is 7.21. The van der Waals surface area contributed by atoms with Crippen molar-refractivity contribution in [2.24, 2.45) is 0 Å². The van der Waals surface area contributed by atoms with Crippen molar-refractivity contribution in [1.29, 1.82) is 0 Å². The Morgan fingerprint density at radius 3 is 2.81 bits per heavy atom. The van der Waals surface area contributed by atoms with E-state index < -0.39 is 16.9 Å². The zero-order chi connectivity index (χ0) is 15.8. The summed E-state index contributed by atoms with van der Waals surface area (Å²) in [6.45, 7) is 4.60. The minimum atomic E-state index is -0.771. The number of nitrogens with one attached hydrogen (secondary N) is 1. The van der Waals surface area contributed by atoms with Crippen LogP contribution in [0, 0.1) is 6.92 Å². The number of rotatable bonds is 9. The molecule has 0 bridgehead atoms. The zero-order valence-corrected chi connectivity index (χ0v) is 14.3. The summed E-state index contributed by atoms with van der Waals surface area (Å²) in [5.74, 6) is 1.37. The van der Waals surface area contributed by atoms with Gasteiger partial charge in [-0.3, -0.25) is 4.21 Å². The maximum Gasteiger partial charge on any atom is 0.119 e. The van der Waals surface area contributed by atoms with Gasteiger partial charge in [0.25, 0.3) is 0 Å². The fourth-order valence-corrected chi connectivity index (χ4v) is 2.54. The lowest BCUT2D eigenvalue weighted by molar-refractivity contribution is 0.104. The Morgan fingerprint density at radius 2 is 2.19 bits per heavy atom. The molecule has 0 saturated heterocycles. The van der Waals surface area contributed by atoms with Crippen molar-refractivity contribution >= 4 is 22.4 Å². The van der Waals surface area contributed by atoms with E-state index in [1.807, 2.05) is 19.9 Å². The van der Waals surface area contributed by atoms with Crippen LogP contribution in [0.2, 0.25) is 5.02 Å². The van der Waals surface area contributed by atoms with Crippen molar-refractivity contribution in [2.75, 3.05) is 25.2 Å². The first-order valence-electron chi connectivity index (χ1n) is 6.99. The standard InChI is InChI=1S/C15H24ClNO3S/c1-11-8-14(4-5-15(11)16)20-10-13(18)9-17-12(2)6-7-21(3)19/h4-5,8,12-13,17-18H,6-7,9-10H2,1-3H3. The number of halogens is 1.